The highest BCUT2D eigenvalue weighted by molar-refractivity contribution is 5.29. The average Bonchev–Trinajstić information content (AvgIpc) is 2.08. The van der Waals surface area contributed by atoms with Crippen molar-refractivity contribution >= 4 is 0 Å². The van der Waals surface area contributed by atoms with Crippen LogP contribution in [0.5, 0.6) is 5.75 Å². The Balaban J connectivity index is 2.97. The summed E-state index contributed by atoms with van der Waals surface area (Å²) in [4.78, 5) is 0. The van der Waals surface area contributed by atoms with Crippen molar-refractivity contribution in [3.8, 4) is 5.75 Å². The minimum Gasteiger partial charge on any atom is -0.505 e. The van der Waals surface area contributed by atoms with E-state index in [1.54, 1.807) is 6.07 Å². The predicted molar refractivity (Wildman–Crippen MR) is 49.8 cm³/mol. The Bertz CT molecular complexity index is 299. The van der Waals surface area contributed by atoms with Gasteiger partial charge >= 0.3 is 0 Å². The third-order valence-electron chi connectivity index (χ3n) is 2.07. The lowest BCUT2D eigenvalue weighted by Crippen LogP contribution is -2.16. The van der Waals surface area contributed by atoms with E-state index in [4.69, 9.17) is 10.8 Å². The predicted octanol–water partition coefficient (Wildman–Crippen LogP) is 2.19. The van der Waals surface area contributed by atoms with Gasteiger partial charge in [0.2, 0.25) is 0 Å². The smallest absolute Gasteiger partial charge is 0.165 e. The fraction of sp³-hybridized carbons (Fsp3) is 0.400. The quantitative estimate of drug-likeness (QED) is 0.738. The Morgan fingerprint density at radius 3 is 2.46 bits per heavy atom. The first kappa shape index (κ1) is 9.99. The maximum atomic E-state index is 12.9. The summed E-state index contributed by atoms with van der Waals surface area (Å²) in [5, 5.41) is 8.95. The van der Waals surface area contributed by atoms with Gasteiger partial charge in [-0.3, -0.25) is 0 Å². The number of phenolic OH excluding ortho intramolecular Hbond substituents is 1. The van der Waals surface area contributed by atoms with E-state index >= 15 is 0 Å². The molecule has 0 aliphatic heterocycles. The summed E-state index contributed by atoms with van der Waals surface area (Å²) < 4.78 is 12.9. The standard InChI is InChI=1S/C10H14FNO/c1-6(2)10(12)7-3-4-9(13)8(11)5-7/h3-6,10,13H,12H2,1-2H3/t10-/m1/s1. The van der Waals surface area contributed by atoms with Gasteiger partial charge in [0.05, 0.1) is 0 Å². The highest BCUT2D eigenvalue weighted by Crippen LogP contribution is 2.23. The molecule has 0 unspecified atom stereocenters. The van der Waals surface area contributed by atoms with Gasteiger partial charge in [0, 0.05) is 6.04 Å². The Labute approximate surface area is 77.2 Å². The fourth-order valence-corrected chi connectivity index (χ4v) is 1.12. The Morgan fingerprint density at radius 2 is 2.00 bits per heavy atom. The van der Waals surface area contributed by atoms with E-state index in [0.29, 0.717) is 5.56 Å². The molecule has 0 saturated carbocycles. The highest BCUT2D eigenvalue weighted by atomic mass is 19.1. The van der Waals surface area contributed by atoms with Crippen molar-refractivity contribution < 1.29 is 9.50 Å². The zero-order valence-electron chi connectivity index (χ0n) is 7.79. The van der Waals surface area contributed by atoms with Crippen molar-refractivity contribution in [2.45, 2.75) is 19.9 Å². The fourth-order valence-electron chi connectivity index (χ4n) is 1.12. The Morgan fingerprint density at radius 1 is 1.38 bits per heavy atom. The number of aromatic hydroxyl groups is 1. The Hall–Kier alpha value is -1.09. The van der Waals surface area contributed by atoms with E-state index in [-0.39, 0.29) is 17.7 Å². The summed E-state index contributed by atoms with van der Waals surface area (Å²) in [5.41, 5.74) is 6.52. The molecule has 72 valence electrons. The number of phenols is 1. The van der Waals surface area contributed by atoms with Gasteiger partial charge < -0.3 is 10.8 Å². The molecule has 1 aromatic rings. The van der Waals surface area contributed by atoms with Crippen LogP contribution in [-0.2, 0) is 0 Å². The molecule has 3 N–H and O–H groups in total. The largest absolute Gasteiger partial charge is 0.505 e. The molecule has 2 nitrogen and oxygen atoms in total. The van der Waals surface area contributed by atoms with E-state index in [1.165, 1.54) is 12.1 Å². The second-order valence-electron chi connectivity index (χ2n) is 3.48. The van der Waals surface area contributed by atoms with Crippen molar-refractivity contribution in [1.29, 1.82) is 0 Å². The summed E-state index contributed by atoms with van der Waals surface area (Å²) in [5.74, 6) is -0.697. The molecule has 1 rings (SSSR count). The molecule has 0 radical (unpaired) electrons. The summed E-state index contributed by atoms with van der Waals surface area (Å²) in [6.45, 7) is 3.94. The maximum Gasteiger partial charge on any atom is 0.165 e. The van der Waals surface area contributed by atoms with Gasteiger partial charge in [-0.25, -0.2) is 4.39 Å². The van der Waals surface area contributed by atoms with Gasteiger partial charge in [-0.2, -0.15) is 0 Å². The third kappa shape index (κ3) is 2.18. The van der Waals surface area contributed by atoms with Crippen LogP contribution in [-0.4, -0.2) is 5.11 Å². The average molecular weight is 183 g/mol. The topological polar surface area (TPSA) is 46.2 Å². The van der Waals surface area contributed by atoms with Crippen LogP contribution in [0.15, 0.2) is 18.2 Å². The zero-order valence-corrected chi connectivity index (χ0v) is 7.79. The molecule has 0 saturated heterocycles. The lowest BCUT2D eigenvalue weighted by atomic mass is 9.97. The van der Waals surface area contributed by atoms with Gasteiger partial charge in [0.25, 0.3) is 0 Å². The minimum atomic E-state index is -0.617. The van der Waals surface area contributed by atoms with Crippen molar-refractivity contribution in [3.05, 3.63) is 29.6 Å². The number of hydrogen-bond donors (Lipinski definition) is 2. The van der Waals surface area contributed by atoms with Crippen molar-refractivity contribution in [2.24, 2.45) is 11.7 Å². The van der Waals surface area contributed by atoms with E-state index in [9.17, 15) is 4.39 Å². The molecule has 3 heteroatoms. The molecule has 0 spiro atoms. The molecule has 0 aliphatic carbocycles. The Kier molecular flexibility index (Phi) is 2.88. The van der Waals surface area contributed by atoms with Crippen LogP contribution < -0.4 is 5.73 Å². The molecule has 13 heavy (non-hydrogen) atoms. The number of benzene rings is 1. The van der Waals surface area contributed by atoms with Crippen LogP contribution in [0.3, 0.4) is 0 Å². The zero-order chi connectivity index (χ0) is 10.0. The molecule has 0 aliphatic rings. The third-order valence-corrected chi connectivity index (χ3v) is 2.07. The second kappa shape index (κ2) is 3.75. The van der Waals surface area contributed by atoms with Gasteiger partial charge in [0.15, 0.2) is 11.6 Å². The number of nitrogens with two attached hydrogens (primary N) is 1. The molecule has 0 aromatic heterocycles. The van der Waals surface area contributed by atoms with Crippen molar-refractivity contribution in [3.63, 3.8) is 0 Å². The summed E-state index contributed by atoms with van der Waals surface area (Å²) in [6, 6.07) is 4.06. The molecule has 0 fully saturated rings. The summed E-state index contributed by atoms with van der Waals surface area (Å²) in [7, 11) is 0. The molecular weight excluding hydrogens is 169 g/mol. The number of rotatable bonds is 2. The van der Waals surface area contributed by atoms with Crippen molar-refractivity contribution in [2.75, 3.05) is 0 Å². The lowest BCUT2D eigenvalue weighted by molar-refractivity contribution is 0.429. The summed E-state index contributed by atoms with van der Waals surface area (Å²) in [6.07, 6.45) is 0. The minimum absolute atomic E-state index is 0.185. The first-order valence-electron chi connectivity index (χ1n) is 4.26. The van der Waals surface area contributed by atoms with Crippen LogP contribution in [0, 0.1) is 11.7 Å². The van der Waals surface area contributed by atoms with Crippen LogP contribution in [0.25, 0.3) is 0 Å². The first-order chi connectivity index (χ1) is 6.02. The lowest BCUT2D eigenvalue weighted by Gasteiger charge is -2.15. The first-order valence-corrected chi connectivity index (χ1v) is 4.26. The van der Waals surface area contributed by atoms with Crippen LogP contribution >= 0.6 is 0 Å². The van der Waals surface area contributed by atoms with Gasteiger partial charge in [0.1, 0.15) is 0 Å². The SMILES string of the molecule is CC(C)[C@@H](N)c1ccc(O)c(F)c1. The number of hydrogen-bond acceptors (Lipinski definition) is 2. The molecule has 1 aromatic carbocycles. The maximum absolute atomic E-state index is 12.9. The molecule has 0 bridgehead atoms. The van der Waals surface area contributed by atoms with E-state index in [2.05, 4.69) is 0 Å². The molecule has 0 amide bonds. The van der Waals surface area contributed by atoms with Gasteiger partial charge in [-0.1, -0.05) is 19.9 Å². The van der Waals surface area contributed by atoms with Gasteiger partial charge in [-0.05, 0) is 23.6 Å². The number of halogens is 1. The van der Waals surface area contributed by atoms with E-state index < -0.39 is 5.82 Å². The van der Waals surface area contributed by atoms with Crippen molar-refractivity contribution in [1.82, 2.24) is 0 Å². The second-order valence-corrected chi connectivity index (χ2v) is 3.48. The van der Waals surface area contributed by atoms with Crippen LogP contribution in [0.4, 0.5) is 4.39 Å². The monoisotopic (exact) mass is 183 g/mol. The van der Waals surface area contributed by atoms with Crippen LogP contribution in [0.2, 0.25) is 0 Å². The van der Waals surface area contributed by atoms with E-state index in [0.717, 1.165) is 0 Å². The van der Waals surface area contributed by atoms with Crippen LogP contribution in [0.1, 0.15) is 25.5 Å². The normalized spacial score (nSPS) is 13.3. The molecule has 1 atom stereocenters. The van der Waals surface area contributed by atoms with Gasteiger partial charge in [-0.15, -0.1) is 0 Å². The van der Waals surface area contributed by atoms with E-state index in [1.807, 2.05) is 13.8 Å². The summed E-state index contributed by atoms with van der Waals surface area (Å²) >= 11 is 0. The highest BCUT2D eigenvalue weighted by Gasteiger charge is 2.12. The molecule has 0 heterocycles. The molecular formula is C10H14FNO.